The number of ether oxygens (including phenoxy) is 1. The number of halogens is 1. The monoisotopic (exact) mass is 230 g/mol. The van der Waals surface area contributed by atoms with Crippen LogP contribution in [0.2, 0.25) is 0 Å². The van der Waals surface area contributed by atoms with Crippen molar-refractivity contribution in [2.24, 2.45) is 0 Å². The molecule has 0 aliphatic rings. The Labute approximate surface area is 98.7 Å². The molecular formula is C14H11FO2. The Morgan fingerprint density at radius 3 is 2.41 bits per heavy atom. The third-order valence-corrected chi connectivity index (χ3v) is 2.52. The van der Waals surface area contributed by atoms with E-state index in [0.717, 1.165) is 11.8 Å². The third-order valence-electron chi connectivity index (χ3n) is 2.52. The van der Waals surface area contributed by atoms with E-state index in [1.807, 2.05) is 0 Å². The van der Waals surface area contributed by atoms with E-state index in [9.17, 15) is 9.18 Å². The minimum absolute atomic E-state index is 0.319. The maximum absolute atomic E-state index is 13.2. The zero-order valence-electron chi connectivity index (χ0n) is 9.31. The fourth-order valence-corrected chi connectivity index (χ4v) is 1.65. The van der Waals surface area contributed by atoms with Gasteiger partial charge in [0.1, 0.15) is 17.9 Å². The average Bonchev–Trinajstić information content (AvgIpc) is 2.39. The first-order valence-electron chi connectivity index (χ1n) is 5.14. The molecule has 0 heterocycles. The number of hydrogen-bond acceptors (Lipinski definition) is 2. The van der Waals surface area contributed by atoms with Crippen LogP contribution in [0.15, 0.2) is 42.5 Å². The zero-order chi connectivity index (χ0) is 12.3. The quantitative estimate of drug-likeness (QED) is 0.756. The zero-order valence-corrected chi connectivity index (χ0v) is 9.31. The molecule has 86 valence electrons. The van der Waals surface area contributed by atoms with Crippen molar-refractivity contribution < 1.29 is 13.9 Å². The lowest BCUT2D eigenvalue weighted by Gasteiger charge is -2.08. The molecule has 0 bridgehead atoms. The number of hydrogen-bond donors (Lipinski definition) is 0. The Morgan fingerprint density at radius 1 is 1.12 bits per heavy atom. The van der Waals surface area contributed by atoms with Crippen LogP contribution in [0.25, 0.3) is 11.1 Å². The van der Waals surface area contributed by atoms with Crippen LogP contribution < -0.4 is 4.74 Å². The molecule has 0 fully saturated rings. The minimum Gasteiger partial charge on any atom is -0.496 e. The van der Waals surface area contributed by atoms with E-state index in [2.05, 4.69) is 0 Å². The van der Waals surface area contributed by atoms with Crippen molar-refractivity contribution in [3.63, 3.8) is 0 Å². The van der Waals surface area contributed by atoms with Gasteiger partial charge in [0.05, 0.1) is 7.11 Å². The molecule has 0 aromatic heterocycles. The van der Waals surface area contributed by atoms with E-state index in [1.54, 1.807) is 30.3 Å². The van der Waals surface area contributed by atoms with Crippen molar-refractivity contribution in [3.8, 4) is 16.9 Å². The highest BCUT2D eigenvalue weighted by molar-refractivity contribution is 5.78. The summed E-state index contributed by atoms with van der Waals surface area (Å²) in [5, 5.41) is 0. The first kappa shape index (κ1) is 11.3. The van der Waals surface area contributed by atoms with Gasteiger partial charge in [0, 0.05) is 11.1 Å². The Balaban J connectivity index is 2.50. The Hall–Kier alpha value is -2.16. The standard InChI is InChI=1S/C14H11FO2/c1-17-14-7-6-12(15)8-13(14)11-4-2-10(9-16)3-5-11/h2-9H,1H3. The molecule has 0 saturated heterocycles. The molecule has 2 aromatic rings. The molecule has 3 heteroatoms. The minimum atomic E-state index is -0.319. The van der Waals surface area contributed by atoms with Gasteiger partial charge >= 0.3 is 0 Å². The summed E-state index contributed by atoms with van der Waals surface area (Å²) in [5.74, 6) is 0.283. The Morgan fingerprint density at radius 2 is 1.82 bits per heavy atom. The van der Waals surface area contributed by atoms with Crippen LogP contribution in [0.3, 0.4) is 0 Å². The van der Waals surface area contributed by atoms with Crippen LogP contribution in [-0.2, 0) is 0 Å². The number of rotatable bonds is 3. The van der Waals surface area contributed by atoms with Gasteiger partial charge in [0.15, 0.2) is 0 Å². The van der Waals surface area contributed by atoms with Crippen molar-refractivity contribution in [2.45, 2.75) is 0 Å². The summed E-state index contributed by atoms with van der Waals surface area (Å²) in [7, 11) is 1.54. The topological polar surface area (TPSA) is 26.3 Å². The maximum Gasteiger partial charge on any atom is 0.150 e. The lowest BCUT2D eigenvalue weighted by Crippen LogP contribution is -1.89. The van der Waals surface area contributed by atoms with Gasteiger partial charge in [0.25, 0.3) is 0 Å². The van der Waals surface area contributed by atoms with E-state index in [4.69, 9.17) is 4.74 Å². The Kier molecular flexibility index (Phi) is 3.19. The fourth-order valence-electron chi connectivity index (χ4n) is 1.65. The molecule has 2 aromatic carbocycles. The maximum atomic E-state index is 13.2. The van der Waals surface area contributed by atoms with E-state index in [1.165, 1.54) is 19.2 Å². The molecule has 0 amide bonds. The van der Waals surface area contributed by atoms with Crippen LogP contribution in [0.5, 0.6) is 5.75 Å². The molecule has 0 aliphatic carbocycles. The average molecular weight is 230 g/mol. The van der Waals surface area contributed by atoms with Gasteiger partial charge in [-0.3, -0.25) is 4.79 Å². The Bertz CT molecular complexity index is 532. The first-order valence-corrected chi connectivity index (χ1v) is 5.14. The molecule has 0 spiro atoms. The largest absolute Gasteiger partial charge is 0.496 e. The van der Waals surface area contributed by atoms with Gasteiger partial charge in [-0.25, -0.2) is 4.39 Å². The SMILES string of the molecule is COc1ccc(F)cc1-c1ccc(C=O)cc1. The summed E-state index contributed by atoms with van der Waals surface area (Å²) in [6.07, 6.45) is 0.770. The van der Waals surface area contributed by atoms with Crippen molar-refractivity contribution in [1.82, 2.24) is 0 Å². The molecule has 17 heavy (non-hydrogen) atoms. The lowest BCUT2D eigenvalue weighted by atomic mass is 10.0. The first-order chi connectivity index (χ1) is 8.24. The molecular weight excluding hydrogens is 219 g/mol. The summed E-state index contributed by atoms with van der Waals surface area (Å²) < 4.78 is 18.4. The van der Waals surface area contributed by atoms with Crippen LogP contribution in [0.1, 0.15) is 10.4 Å². The van der Waals surface area contributed by atoms with Gasteiger partial charge in [-0.05, 0) is 23.8 Å². The number of methoxy groups -OCH3 is 1. The van der Waals surface area contributed by atoms with Crippen molar-refractivity contribution in [1.29, 1.82) is 0 Å². The summed E-state index contributed by atoms with van der Waals surface area (Å²) in [6.45, 7) is 0. The predicted octanol–water partition coefficient (Wildman–Crippen LogP) is 3.31. The van der Waals surface area contributed by atoms with Gasteiger partial charge in [0.2, 0.25) is 0 Å². The summed E-state index contributed by atoms with van der Waals surface area (Å²) >= 11 is 0. The number of aldehydes is 1. The van der Waals surface area contributed by atoms with Gasteiger partial charge in [-0.1, -0.05) is 24.3 Å². The molecule has 0 atom stereocenters. The fraction of sp³-hybridized carbons (Fsp3) is 0.0714. The highest BCUT2D eigenvalue weighted by Gasteiger charge is 2.07. The second-order valence-corrected chi connectivity index (χ2v) is 3.58. The second-order valence-electron chi connectivity index (χ2n) is 3.58. The smallest absolute Gasteiger partial charge is 0.150 e. The second kappa shape index (κ2) is 4.78. The van der Waals surface area contributed by atoms with Crippen LogP contribution in [0.4, 0.5) is 4.39 Å². The molecule has 0 aliphatic heterocycles. The summed E-state index contributed by atoms with van der Waals surface area (Å²) in [4.78, 5) is 10.5. The van der Waals surface area contributed by atoms with E-state index in [0.29, 0.717) is 16.9 Å². The van der Waals surface area contributed by atoms with Crippen molar-refractivity contribution in [2.75, 3.05) is 7.11 Å². The van der Waals surface area contributed by atoms with E-state index in [-0.39, 0.29) is 5.82 Å². The molecule has 2 rings (SSSR count). The predicted molar refractivity (Wildman–Crippen MR) is 63.8 cm³/mol. The van der Waals surface area contributed by atoms with E-state index < -0.39 is 0 Å². The van der Waals surface area contributed by atoms with Crippen molar-refractivity contribution >= 4 is 6.29 Å². The third kappa shape index (κ3) is 2.33. The molecule has 0 unspecified atom stereocenters. The summed E-state index contributed by atoms with van der Waals surface area (Å²) in [6, 6.07) is 11.2. The normalized spacial score (nSPS) is 10.0. The lowest BCUT2D eigenvalue weighted by molar-refractivity contribution is 0.112. The number of carbonyl (C=O) groups is 1. The molecule has 0 N–H and O–H groups in total. The number of carbonyl (C=O) groups excluding carboxylic acids is 1. The highest BCUT2D eigenvalue weighted by Crippen LogP contribution is 2.30. The molecule has 2 nitrogen and oxygen atoms in total. The van der Waals surface area contributed by atoms with Crippen LogP contribution in [-0.4, -0.2) is 13.4 Å². The summed E-state index contributed by atoms with van der Waals surface area (Å²) in [5.41, 5.74) is 2.07. The molecule has 0 saturated carbocycles. The number of benzene rings is 2. The van der Waals surface area contributed by atoms with Gasteiger partial charge in [-0.2, -0.15) is 0 Å². The van der Waals surface area contributed by atoms with Crippen LogP contribution in [0, 0.1) is 5.82 Å². The van der Waals surface area contributed by atoms with Crippen molar-refractivity contribution in [3.05, 3.63) is 53.8 Å². The highest BCUT2D eigenvalue weighted by atomic mass is 19.1. The van der Waals surface area contributed by atoms with Gasteiger partial charge in [-0.15, -0.1) is 0 Å². The van der Waals surface area contributed by atoms with Crippen LogP contribution >= 0.6 is 0 Å². The van der Waals surface area contributed by atoms with E-state index >= 15 is 0 Å². The molecule has 0 radical (unpaired) electrons. The van der Waals surface area contributed by atoms with Gasteiger partial charge < -0.3 is 4.74 Å².